The highest BCUT2D eigenvalue weighted by Gasteiger charge is 2.14. The SMILES string of the molecule is O=C(COCCO)N1CCCCCC1. The summed E-state index contributed by atoms with van der Waals surface area (Å²) < 4.78 is 5.00. The summed E-state index contributed by atoms with van der Waals surface area (Å²) in [5, 5.41) is 8.48. The van der Waals surface area contributed by atoms with E-state index in [0.717, 1.165) is 25.9 Å². The summed E-state index contributed by atoms with van der Waals surface area (Å²) in [6, 6.07) is 0. The minimum atomic E-state index is -0.0206. The molecule has 14 heavy (non-hydrogen) atoms. The third kappa shape index (κ3) is 4.07. The van der Waals surface area contributed by atoms with E-state index >= 15 is 0 Å². The number of rotatable bonds is 4. The van der Waals surface area contributed by atoms with Crippen molar-refractivity contribution >= 4 is 5.91 Å². The van der Waals surface area contributed by atoms with Crippen molar-refractivity contribution in [3.05, 3.63) is 0 Å². The van der Waals surface area contributed by atoms with Gasteiger partial charge in [0.05, 0.1) is 13.2 Å². The van der Waals surface area contributed by atoms with Crippen molar-refractivity contribution in [3.8, 4) is 0 Å². The van der Waals surface area contributed by atoms with E-state index < -0.39 is 0 Å². The van der Waals surface area contributed by atoms with Crippen LogP contribution in [-0.4, -0.2) is 48.8 Å². The molecule has 0 aromatic heterocycles. The zero-order valence-corrected chi connectivity index (χ0v) is 8.57. The first-order valence-electron chi connectivity index (χ1n) is 5.31. The van der Waals surface area contributed by atoms with Crippen LogP contribution in [0, 0.1) is 0 Å². The lowest BCUT2D eigenvalue weighted by Gasteiger charge is -2.19. The van der Waals surface area contributed by atoms with Gasteiger partial charge in [-0.3, -0.25) is 4.79 Å². The number of likely N-dealkylation sites (tertiary alicyclic amines) is 1. The van der Waals surface area contributed by atoms with Crippen LogP contribution in [0.4, 0.5) is 0 Å². The van der Waals surface area contributed by atoms with E-state index in [0.29, 0.717) is 0 Å². The highest BCUT2D eigenvalue weighted by atomic mass is 16.5. The molecule has 1 heterocycles. The molecule has 1 N–H and O–H groups in total. The highest BCUT2D eigenvalue weighted by molar-refractivity contribution is 5.77. The molecule has 1 saturated heterocycles. The Kier molecular flexibility index (Phi) is 5.56. The fourth-order valence-corrected chi connectivity index (χ4v) is 1.64. The van der Waals surface area contributed by atoms with E-state index in [1.807, 2.05) is 4.90 Å². The van der Waals surface area contributed by atoms with Crippen LogP contribution in [0.2, 0.25) is 0 Å². The van der Waals surface area contributed by atoms with Crippen LogP contribution >= 0.6 is 0 Å². The zero-order valence-electron chi connectivity index (χ0n) is 8.57. The maximum absolute atomic E-state index is 11.5. The Morgan fingerprint density at radius 1 is 1.21 bits per heavy atom. The average Bonchev–Trinajstić information content (AvgIpc) is 2.46. The first-order valence-corrected chi connectivity index (χ1v) is 5.31. The van der Waals surface area contributed by atoms with Crippen molar-refractivity contribution in [1.82, 2.24) is 4.90 Å². The van der Waals surface area contributed by atoms with Crippen LogP contribution in [0.3, 0.4) is 0 Å². The molecule has 0 aliphatic carbocycles. The first kappa shape index (κ1) is 11.5. The molecule has 0 aromatic rings. The van der Waals surface area contributed by atoms with E-state index in [1.54, 1.807) is 0 Å². The summed E-state index contributed by atoms with van der Waals surface area (Å²) in [5.74, 6) is 0.0559. The predicted molar refractivity (Wildman–Crippen MR) is 53.0 cm³/mol. The van der Waals surface area contributed by atoms with Crippen LogP contribution in [0.25, 0.3) is 0 Å². The molecule has 0 saturated carbocycles. The monoisotopic (exact) mass is 201 g/mol. The number of aliphatic hydroxyl groups is 1. The lowest BCUT2D eigenvalue weighted by atomic mass is 10.2. The van der Waals surface area contributed by atoms with Crippen molar-refractivity contribution in [2.75, 3.05) is 32.9 Å². The predicted octanol–water partition coefficient (Wildman–Crippen LogP) is 0.398. The van der Waals surface area contributed by atoms with Crippen molar-refractivity contribution < 1.29 is 14.6 Å². The van der Waals surface area contributed by atoms with E-state index in [-0.39, 0.29) is 25.7 Å². The van der Waals surface area contributed by atoms with Crippen molar-refractivity contribution in [2.45, 2.75) is 25.7 Å². The molecule has 0 radical (unpaired) electrons. The smallest absolute Gasteiger partial charge is 0.248 e. The Morgan fingerprint density at radius 3 is 2.43 bits per heavy atom. The lowest BCUT2D eigenvalue weighted by Crippen LogP contribution is -2.35. The number of carbonyl (C=O) groups is 1. The lowest BCUT2D eigenvalue weighted by molar-refractivity contribution is -0.136. The number of ether oxygens (including phenoxy) is 1. The number of nitrogens with zero attached hydrogens (tertiary/aromatic N) is 1. The summed E-state index contributed by atoms with van der Waals surface area (Å²) in [5.41, 5.74) is 0. The van der Waals surface area contributed by atoms with E-state index in [4.69, 9.17) is 9.84 Å². The van der Waals surface area contributed by atoms with E-state index in [9.17, 15) is 4.79 Å². The molecule has 82 valence electrons. The minimum absolute atomic E-state index is 0.0206. The zero-order chi connectivity index (χ0) is 10.2. The van der Waals surface area contributed by atoms with Gasteiger partial charge in [0.2, 0.25) is 5.91 Å². The molecule has 0 bridgehead atoms. The molecule has 0 aromatic carbocycles. The van der Waals surface area contributed by atoms with E-state index in [1.165, 1.54) is 12.8 Å². The first-order chi connectivity index (χ1) is 6.84. The molecule has 0 unspecified atom stereocenters. The second-order valence-electron chi connectivity index (χ2n) is 3.57. The van der Waals surface area contributed by atoms with Crippen molar-refractivity contribution in [1.29, 1.82) is 0 Å². The van der Waals surface area contributed by atoms with Gasteiger partial charge in [-0.25, -0.2) is 0 Å². The molecule has 0 spiro atoms. The fraction of sp³-hybridized carbons (Fsp3) is 0.900. The van der Waals surface area contributed by atoms with Gasteiger partial charge in [-0.15, -0.1) is 0 Å². The molecule has 1 amide bonds. The fourth-order valence-electron chi connectivity index (χ4n) is 1.64. The van der Waals surface area contributed by atoms with Crippen LogP contribution in [0.5, 0.6) is 0 Å². The van der Waals surface area contributed by atoms with Crippen molar-refractivity contribution in [3.63, 3.8) is 0 Å². The Hall–Kier alpha value is -0.610. The highest BCUT2D eigenvalue weighted by Crippen LogP contribution is 2.09. The second-order valence-corrected chi connectivity index (χ2v) is 3.57. The third-order valence-electron chi connectivity index (χ3n) is 2.42. The minimum Gasteiger partial charge on any atom is -0.394 e. The summed E-state index contributed by atoms with van der Waals surface area (Å²) in [7, 11) is 0. The Labute approximate surface area is 84.8 Å². The maximum atomic E-state index is 11.5. The summed E-state index contributed by atoms with van der Waals surface area (Å²) in [6.45, 7) is 2.07. The third-order valence-corrected chi connectivity index (χ3v) is 2.42. The molecule has 1 fully saturated rings. The molecule has 4 nitrogen and oxygen atoms in total. The Balaban J connectivity index is 2.20. The topological polar surface area (TPSA) is 49.8 Å². The molecule has 4 heteroatoms. The number of amides is 1. The maximum Gasteiger partial charge on any atom is 0.248 e. The van der Waals surface area contributed by atoms with Crippen LogP contribution in [0.1, 0.15) is 25.7 Å². The van der Waals surface area contributed by atoms with Gasteiger partial charge in [-0.05, 0) is 12.8 Å². The average molecular weight is 201 g/mol. The standard InChI is InChI=1S/C10H19NO3/c12-7-8-14-9-10(13)11-5-3-1-2-4-6-11/h12H,1-9H2. The van der Waals surface area contributed by atoms with E-state index in [2.05, 4.69) is 0 Å². The van der Waals surface area contributed by atoms with Gasteiger partial charge in [0, 0.05) is 13.1 Å². The molecular weight excluding hydrogens is 182 g/mol. The molecule has 1 rings (SSSR count). The van der Waals surface area contributed by atoms with Gasteiger partial charge in [0.1, 0.15) is 6.61 Å². The van der Waals surface area contributed by atoms with Crippen molar-refractivity contribution in [2.24, 2.45) is 0 Å². The quantitative estimate of drug-likeness (QED) is 0.670. The number of carbonyl (C=O) groups excluding carboxylic acids is 1. The Bertz CT molecular complexity index is 165. The number of aliphatic hydroxyl groups excluding tert-OH is 1. The van der Waals surface area contributed by atoms with Gasteiger partial charge in [0.15, 0.2) is 0 Å². The van der Waals surface area contributed by atoms with Crippen LogP contribution in [0.15, 0.2) is 0 Å². The van der Waals surface area contributed by atoms with Gasteiger partial charge in [0.25, 0.3) is 0 Å². The largest absolute Gasteiger partial charge is 0.394 e. The van der Waals surface area contributed by atoms with Gasteiger partial charge < -0.3 is 14.7 Å². The molecular formula is C10H19NO3. The normalized spacial score (nSPS) is 17.9. The molecule has 1 aliphatic heterocycles. The van der Waals surface area contributed by atoms with Gasteiger partial charge in [-0.1, -0.05) is 12.8 Å². The summed E-state index contributed by atoms with van der Waals surface area (Å²) in [6.07, 6.45) is 4.65. The summed E-state index contributed by atoms with van der Waals surface area (Å²) >= 11 is 0. The van der Waals surface area contributed by atoms with Crippen LogP contribution in [-0.2, 0) is 9.53 Å². The van der Waals surface area contributed by atoms with Gasteiger partial charge >= 0.3 is 0 Å². The summed E-state index contributed by atoms with van der Waals surface area (Å²) in [4.78, 5) is 13.4. The molecule has 0 atom stereocenters. The Morgan fingerprint density at radius 2 is 1.86 bits per heavy atom. The molecule has 1 aliphatic rings. The second kappa shape index (κ2) is 6.79. The van der Waals surface area contributed by atoms with Crippen LogP contribution < -0.4 is 0 Å². The van der Waals surface area contributed by atoms with Gasteiger partial charge in [-0.2, -0.15) is 0 Å². The number of hydrogen-bond donors (Lipinski definition) is 1. The number of hydrogen-bond acceptors (Lipinski definition) is 3.